The molecule has 0 bridgehead atoms. The molecule has 0 aliphatic carbocycles. The number of carboxylic acid groups (broad SMARTS) is 2. The van der Waals surface area contributed by atoms with Crippen LogP contribution in [-0.2, 0) is 25.6 Å². The van der Waals surface area contributed by atoms with Gasteiger partial charge in [-0.3, -0.25) is 14.4 Å². The van der Waals surface area contributed by atoms with Crippen LogP contribution in [0.2, 0.25) is 0 Å². The number of rotatable bonds is 9. The van der Waals surface area contributed by atoms with Gasteiger partial charge >= 0.3 is 11.9 Å². The van der Waals surface area contributed by atoms with Gasteiger partial charge in [-0.25, -0.2) is 9.78 Å². The number of H-pyrrole nitrogens is 1. The molecule has 142 valence electrons. The molecule has 11 heteroatoms. The molecular formula is C15H21N5O6. The molecule has 11 nitrogen and oxygen atoms in total. The number of hydrogen-bond acceptors (Lipinski definition) is 6. The summed E-state index contributed by atoms with van der Waals surface area (Å²) in [5.41, 5.74) is 0.565. The van der Waals surface area contributed by atoms with Crippen molar-refractivity contribution >= 4 is 23.8 Å². The summed E-state index contributed by atoms with van der Waals surface area (Å²) in [5, 5.41) is 25.6. The molecule has 2 amide bonds. The Morgan fingerprint density at radius 1 is 1.23 bits per heavy atom. The van der Waals surface area contributed by atoms with Crippen molar-refractivity contribution in [1.82, 2.24) is 25.9 Å². The van der Waals surface area contributed by atoms with Crippen LogP contribution in [-0.4, -0.2) is 68.6 Å². The number of carbonyl (C=O) groups excluding carboxylic acids is 2. The summed E-state index contributed by atoms with van der Waals surface area (Å²) in [7, 11) is 0. The van der Waals surface area contributed by atoms with Crippen LogP contribution in [0.25, 0.3) is 0 Å². The zero-order valence-electron chi connectivity index (χ0n) is 13.9. The Bertz CT molecular complexity index is 655. The van der Waals surface area contributed by atoms with E-state index >= 15 is 0 Å². The van der Waals surface area contributed by atoms with Gasteiger partial charge in [0.2, 0.25) is 11.8 Å². The fraction of sp³-hybridized carbons (Fsp3) is 0.533. The average molecular weight is 367 g/mol. The summed E-state index contributed by atoms with van der Waals surface area (Å²) < 4.78 is 0. The summed E-state index contributed by atoms with van der Waals surface area (Å²) in [6.45, 7) is 0.704. The van der Waals surface area contributed by atoms with Gasteiger partial charge in [0.25, 0.3) is 0 Å². The normalized spacial score (nSPS) is 18.7. The number of carbonyl (C=O) groups is 4. The van der Waals surface area contributed by atoms with E-state index in [2.05, 4.69) is 25.9 Å². The molecule has 2 heterocycles. The van der Waals surface area contributed by atoms with Crippen molar-refractivity contribution in [3.8, 4) is 0 Å². The molecule has 2 rings (SSSR count). The Labute approximate surface area is 148 Å². The Morgan fingerprint density at radius 3 is 2.54 bits per heavy atom. The Hall–Kier alpha value is -2.95. The molecule has 1 aliphatic heterocycles. The maximum Gasteiger partial charge on any atom is 0.326 e. The summed E-state index contributed by atoms with van der Waals surface area (Å²) in [6, 6.07) is -3.08. The molecule has 0 aromatic carbocycles. The van der Waals surface area contributed by atoms with Crippen molar-refractivity contribution in [1.29, 1.82) is 0 Å². The van der Waals surface area contributed by atoms with E-state index in [0.717, 1.165) is 6.42 Å². The minimum absolute atomic E-state index is 0.0592. The van der Waals surface area contributed by atoms with E-state index in [1.165, 1.54) is 12.5 Å². The van der Waals surface area contributed by atoms with Crippen molar-refractivity contribution in [2.75, 3.05) is 6.54 Å². The highest BCUT2D eigenvalue weighted by atomic mass is 16.4. The predicted molar refractivity (Wildman–Crippen MR) is 87.1 cm³/mol. The van der Waals surface area contributed by atoms with E-state index in [1.807, 2.05) is 0 Å². The first-order chi connectivity index (χ1) is 12.4. The van der Waals surface area contributed by atoms with E-state index in [1.54, 1.807) is 0 Å². The zero-order chi connectivity index (χ0) is 19.1. The van der Waals surface area contributed by atoms with E-state index < -0.39 is 42.4 Å². The molecule has 3 unspecified atom stereocenters. The predicted octanol–water partition coefficient (Wildman–Crippen LogP) is -1.77. The van der Waals surface area contributed by atoms with Crippen LogP contribution in [0.4, 0.5) is 0 Å². The lowest BCUT2D eigenvalue weighted by atomic mass is 10.1. The third-order valence-electron chi connectivity index (χ3n) is 3.98. The topological polar surface area (TPSA) is 174 Å². The highest BCUT2D eigenvalue weighted by Gasteiger charge is 2.31. The second-order valence-electron chi connectivity index (χ2n) is 5.99. The van der Waals surface area contributed by atoms with Crippen molar-refractivity contribution in [3.05, 3.63) is 18.2 Å². The second-order valence-corrected chi connectivity index (χ2v) is 5.99. The maximum absolute atomic E-state index is 12.5. The number of nitrogens with zero attached hydrogens (tertiary/aromatic N) is 1. The first kappa shape index (κ1) is 19.4. The van der Waals surface area contributed by atoms with E-state index in [0.29, 0.717) is 18.7 Å². The highest BCUT2D eigenvalue weighted by molar-refractivity contribution is 5.93. The molecule has 1 aromatic rings. The van der Waals surface area contributed by atoms with Crippen LogP contribution >= 0.6 is 0 Å². The minimum atomic E-state index is -1.59. The first-order valence-corrected chi connectivity index (χ1v) is 8.12. The van der Waals surface area contributed by atoms with Crippen molar-refractivity contribution < 1.29 is 29.4 Å². The van der Waals surface area contributed by atoms with Gasteiger partial charge in [0.1, 0.15) is 12.1 Å². The van der Waals surface area contributed by atoms with Gasteiger partial charge in [-0.05, 0) is 19.4 Å². The summed E-state index contributed by atoms with van der Waals surface area (Å²) in [5.74, 6) is -3.97. The molecule has 1 aromatic heterocycles. The molecule has 0 radical (unpaired) electrons. The van der Waals surface area contributed by atoms with E-state index in [9.17, 15) is 19.2 Å². The second kappa shape index (κ2) is 8.94. The summed E-state index contributed by atoms with van der Waals surface area (Å²) in [6.07, 6.45) is 3.66. The van der Waals surface area contributed by atoms with Gasteiger partial charge in [0.15, 0.2) is 0 Å². The van der Waals surface area contributed by atoms with Crippen LogP contribution in [0.1, 0.15) is 25.0 Å². The van der Waals surface area contributed by atoms with Crippen LogP contribution in [0.5, 0.6) is 0 Å². The van der Waals surface area contributed by atoms with Crippen LogP contribution in [0.3, 0.4) is 0 Å². The SMILES string of the molecule is O=C(O)CC(NC(=O)C(Cc1cnc[nH]1)NC(=O)C1CCCN1)C(=O)O. The van der Waals surface area contributed by atoms with Gasteiger partial charge in [-0.2, -0.15) is 0 Å². The number of carboxylic acids is 2. The molecule has 1 fully saturated rings. The molecule has 1 aliphatic rings. The van der Waals surface area contributed by atoms with Crippen LogP contribution in [0, 0.1) is 0 Å². The number of nitrogens with one attached hydrogen (secondary N) is 4. The number of amides is 2. The Morgan fingerprint density at radius 2 is 2.00 bits per heavy atom. The molecule has 0 saturated carbocycles. The third-order valence-corrected chi connectivity index (χ3v) is 3.98. The number of aromatic nitrogens is 2. The number of aromatic amines is 1. The third kappa shape index (κ3) is 5.55. The van der Waals surface area contributed by atoms with Gasteiger partial charge in [0.05, 0.1) is 18.8 Å². The molecule has 1 saturated heterocycles. The van der Waals surface area contributed by atoms with Gasteiger partial charge in [-0.15, -0.1) is 0 Å². The molecule has 26 heavy (non-hydrogen) atoms. The lowest BCUT2D eigenvalue weighted by molar-refractivity contribution is -0.147. The van der Waals surface area contributed by atoms with Gasteiger partial charge < -0.3 is 31.1 Å². The summed E-state index contributed by atoms with van der Waals surface area (Å²) in [4.78, 5) is 53.3. The van der Waals surface area contributed by atoms with Crippen LogP contribution in [0.15, 0.2) is 12.5 Å². The molecular weight excluding hydrogens is 346 g/mol. The zero-order valence-corrected chi connectivity index (χ0v) is 13.9. The smallest absolute Gasteiger partial charge is 0.326 e. The largest absolute Gasteiger partial charge is 0.481 e. The Balaban J connectivity index is 2.07. The minimum Gasteiger partial charge on any atom is -0.481 e. The fourth-order valence-electron chi connectivity index (χ4n) is 2.65. The average Bonchev–Trinajstić information content (AvgIpc) is 3.26. The molecule has 0 spiro atoms. The lowest BCUT2D eigenvalue weighted by Gasteiger charge is -2.22. The standard InChI is InChI=1S/C15H21N5O6/c21-12(22)5-11(15(25)26)20-14(24)10(4-8-6-16-7-18-8)19-13(23)9-2-1-3-17-9/h6-7,9-11,17H,1-5H2,(H,16,18)(H,19,23)(H,20,24)(H,21,22)(H,25,26). The maximum atomic E-state index is 12.5. The number of aliphatic carboxylic acids is 2. The van der Waals surface area contributed by atoms with Gasteiger partial charge in [-0.1, -0.05) is 0 Å². The highest BCUT2D eigenvalue weighted by Crippen LogP contribution is 2.07. The lowest BCUT2D eigenvalue weighted by Crippen LogP contribution is -2.55. The van der Waals surface area contributed by atoms with Crippen molar-refractivity contribution in [2.24, 2.45) is 0 Å². The fourth-order valence-corrected chi connectivity index (χ4v) is 2.65. The Kier molecular flexibility index (Phi) is 6.67. The molecule has 3 atom stereocenters. The molecule has 6 N–H and O–H groups in total. The van der Waals surface area contributed by atoms with Crippen molar-refractivity contribution in [3.63, 3.8) is 0 Å². The number of hydrogen-bond donors (Lipinski definition) is 6. The monoisotopic (exact) mass is 367 g/mol. The number of imidazole rings is 1. The quantitative estimate of drug-likeness (QED) is 0.297. The van der Waals surface area contributed by atoms with Crippen LogP contribution < -0.4 is 16.0 Å². The summed E-state index contributed by atoms with van der Waals surface area (Å²) >= 11 is 0. The van der Waals surface area contributed by atoms with Crippen molar-refractivity contribution in [2.45, 2.75) is 43.8 Å². The van der Waals surface area contributed by atoms with E-state index in [4.69, 9.17) is 10.2 Å². The van der Waals surface area contributed by atoms with E-state index in [-0.39, 0.29) is 12.3 Å². The first-order valence-electron chi connectivity index (χ1n) is 8.12. The van der Waals surface area contributed by atoms with Gasteiger partial charge in [0, 0.05) is 18.3 Å².